The first-order valence-corrected chi connectivity index (χ1v) is 7.93. The maximum atomic E-state index is 12.5. The molecule has 0 N–H and O–H groups in total. The Morgan fingerprint density at radius 1 is 1.32 bits per heavy atom. The van der Waals surface area contributed by atoms with Crippen LogP contribution < -0.4 is 10.3 Å². The lowest BCUT2D eigenvalue weighted by Crippen LogP contribution is -2.22. The van der Waals surface area contributed by atoms with E-state index in [1.54, 1.807) is 24.1 Å². The minimum atomic E-state index is -0.0234. The fraction of sp³-hybridized carbons (Fsp3) is 0.529. The summed E-state index contributed by atoms with van der Waals surface area (Å²) in [6.07, 6.45) is 7.78. The molecule has 1 aliphatic rings. The van der Waals surface area contributed by atoms with Crippen LogP contribution in [0.5, 0.6) is 5.75 Å². The van der Waals surface area contributed by atoms with E-state index in [-0.39, 0.29) is 5.56 Å². The smallest absolute Gasteiger partial charge is 0.261 e. The molecule has 1 heterocycles. The molecule has 0 spiro atoms. The topological polar surface area (TPSA) is 53.4 Å². The van der Waals surface area contributed by atoms with Crippen LogP contribution in [-0.4, -0.2) is 29.4 Å². The van der Waals surface area contributed by atoms with Crippen molar-refractivity contribution < 1.29 is 9.47 Å². The number of aryl methyl sites for hydroxylation is 1. The molecule has 5 nitrogen and oxygen atoms in total. The summed E-state index contributed by atoms with van der Waals surface area (Å²) in [5.74, 6) is 0.675. The standard InChI is InChI=1S/C17H22N2O3/c1-21-14-7-8-16-15(11-14)17(20)19(12-18-16)9-4-10-22-13-5-2-3-6-13/h7-8,11-13H,2-6,9-10H2,1H3. The molecule has 1 fully saturated rings. The Balaban J connectivity index is 1.65. The first kappa shape index (κ1) is 15.0. The number of methoxy groups -OCH3 is 1. The van der Waals surface area contributed by atoms with Gasteiger partial charge in [-0.15, -0.1) is 0 Å². The predicted octanol–water partition coefficient (Wildman–Crippen LogP) is 2.75. The third-order valence-electron chi connectivity index (χ3n) is 4.23. The van der Waals surface area contributed by atoms with Crippen LogP contribution in [0.2, 0.25) is 0 Å². The highest BCUT2D eigenvalue weighted by Crippen LogP contribution is 2.21. The van der Waals surface area contributed by atoms with Crippen LogP contribution in [0.1, 0.15) is 32.1 Å². The molecule has 0 atom stereocenters. The normalized spacial score (nSPS) is 15.5. The minimum Gasteiger partial charge on any atom is -0.497 e. The summed E-state index contributed by atoms with van der Waals surface area (Å²) >= 11 is 0. The largest absolute Gasteiger partial charge is 0.497 e. The Hall–Kier alpha value is -1.88. The predicted molar refractivity (Wildman–Crippen MR) is 85.4 cm³/mol. The van der Waals surface area contributed by atoms with Crippen molar-refractivity contribution in [2.75, 3.05) is 13.7 Å². The molecule has 0 saturated heterocycles. The maximum absolute atomic E-state index is 12.5. The molecule has 0 unspecified atom stereocenters. The lowest BCUT2D eigenvalue weighted by molar-refractivity contribution is 0.0548. The molecule has 22 heavy (non-hydrogen) atoms. The van der Waals surface area contributed by atoms with Gasteiger partial charge in [0.2, 0.25) is 0 Å². The highest BCUT2D eigenvalue weighted by atomic mass is 16.5. The third-order valence-corrected chi connectivity index (χ3v) is 4.23. The number of nitrogens with zero attached hydrogens (tertiary/aromatic N) is 2. The Labute approximate surface area is 129 Å². The summed E-state index contributed by atoms with van der Waals surface area (Å²) in [5, 5.41) is 0.596. The van der Waals surface area contributed by atoms with Crippen molar-refractivity contribution in [3.63, 3.8) is 0 Å². The van der Waals surface area contributed by atoms with Crippen LogP contribution >= 0.6 is 0 Å². The summed E-state index contributed by atoms with van der Waals surface area (Å²) < 4.78 is 12.7. The van der Waals surface area contributed by atoms with Crippen LogP contribution in [0.4, 0.5) is 0 Å². The van der Waals surface area contributed by atoms with Gasteiger partial charge >= 0.3 is 0 Å². The monoisotopic (exact) mass is 302 g/mol. The molecule has 118 valence electrons. The molecule has 2 aromatic rings. The van der Waals surface area contributed by atoms with Crippen molar-refractivity contribution in [2.24, 2.45) is 0 Å². The molecule has 1 aromatic heterocycles. The molecule has 0 amide bonds. The SMILES string of the molecule is COc1ccc2ncn(CCCOC3CCCC3)c(=O)c2c1. The molecule has 0 radical (unpaired) electrons. The summed E-state index contributed by atoms with van der Waals surface area (Å²) in [4.78, 5) is 16.8. The number of ether oxygens (including phenoxy) is 2. The number of hydrogen-bond donors (Lipinski definition) is 0. The van der Waals surface area contributed by atoms with Crippen LogP contribution in [0.25, 0.3) is 10.9 Å². The van der Waals surface area contributed by atoms with Gasteiger partial charge in [0.05, 0.1) is 30.4 Å². The van der Waals surface area contributed by atoms with E-state index in [1.807, 2.05) is 12.1 Å². The molecule has 0 aliphatic heterocycles. The number of hydrogen-bond acceptors (Lipinski definition) is 4. The van der Waals surface area contributed by atoms with Crippen LogP contribution in [0.15, 0.2) is 29.3 Å². The van der Waals surface area contributed by atoms with Gasteiger partial charge in [0.15, 0.2) is 0 Å². The molecule has 1 aliphatic carbocycles. The van der Waals surface area contributed by atoms with Gasteiger partial charge in [-0.2, -0.15) is 0 Å². The fourth-order valence-electron chi connectivity index (χ4n) is 2.96. The highest BCUT2D eigenvalue weighted by Gasteiger charge is 2.14. The van der Waals surface area contributed by atoms with Crippen molar-refractivity contribution in [3.05, 3.63) is 34.9 Å². The van der Waals surface area contributed by atoms with Gasteiger partial charge in [-0.3, -0.25) is 9.36 Å². The van der Waals surface area contributed by atoms with Crippen LogP contribution in [0.3, 0.4) is 0 Å². The second kappa shape index (κ2) is 6.92. The van der Waals surface area contributed by atoms with Gasteiger partial charge in [-0.25, -0.2) is 4.98 Å². The lowest BCUT2D eigenvalue weighted by Gasteiger charge is -2.11. The van der Waals surface area contributed by atoms with Gasteiger partial charge in [0, 0.05) is 13.2 Å². The first-order chi connectivity index (χ1) is 10.8. The molecule has 3 rings (SSSR count). The number of rotatable bonds is 6. The van der Waals surface area contributed by atoms with Crippen molar-refractivity contribution in [2.45, 2.75) is 44.8 Å². The third kappa shape index (κ3) is 3.30. The Kier molecular flexibility index (Phi) is 4.73. The minimum absolute atomic E-state index is 0.0234. The van der Waals surface area contributed by atoms with Gasteiger partial charge in [0.1, 0.15) is 5.75 Å². The average Bonchev–Trinajstić information content (AvgIpc) is 3.06. The Morgan fingerprint density at radius 2 is 2.14 bits per heavy atom. The van der Waals surface area contributed by atoms with Crippen molar-refractivity contribution in [1.82, 2.24) is 9.55 Å². The number of fused-ring (bicyclic) bond motifs is 1. The van der Waals surface area contributed by atoms with Crippen molar-refractivity contribution in [3.8, 4) is 5.75 Å². The van der Waals surface area contributed by atoms with Gasteiger partial charge in [-0.1, -0.05) is 12.8 Å². The van der Waals surface area contributed by atoms with E-state index < -0.39 is 0 Å². The van der Waals surface area contributed by atoms with E-state index in [4.69, 9.17) is 9.47 Å². The summed E-state index contributed by atoms with van der Waals surface area (Å²) in [7, 11) is 1.59. The zero-order chi connectivity index (χ0) is 15.4. The van der Waals surface area contributed by atoms with E-state index in [0.29, 0.717) is 35.9 Å². The zero-order valence-electron chi connectivity index (χ0n) is 13.0. The van der Waals surface area contributed by atoms with Crippen LogP contribution in [-0.2, 0) is 11.3 Å². The number of benzene rings is 1. The summed E-state index contributed by atoms with van der Waals surface area (Å²) in [6, 6.07) is 5.37. The first-order valence-electron chi connectivity index (χ1n) is 7.93. The maximum Gasteiger partial charge on any atom is 0.261 e. The van der Waals surface area contributed by atoms with E-state index in [0.717, 1.165) is 6.42 Å². The Bertz CT molecular complexity index is 690. The van der Waals surface area contributed by atoms with E-state index in [1.165, 1.54) is 25.7 Å². The number of aromatic nitrogens is 2. The second-order valence-corrected chi connectivity index (χ2v) is 5.76. The molecule has 5 heteroatoms. The lowest BCUT2D eigenvalue weighted by atomic mass is 10.2. The van der Waals surface area contributed by atoms with Crippen molar-refractivity contribution in [1.29, 1.82) is 0 Å². The quantitative estimate of drug-likeness (QED) is 0.770. The van der Waals surface area contributed by atoms with E-state index >= 15 is 0 Å². The summed E-state index contributed by atoms with van der Waals surface area (Å²) in [5.41, 5.74) is 0.675. The van der Waals surface area contributed by atoms with Crippen molar-refractivity contribution >= 4 is 10.9 Å². The molecule has 1 aromatic carbocycles. The molecule has 1 saturated carbocycles. The van der Waals surface area contributed by atoms with Gasteiger partial charge < -0.3 is 9.47 Å². The molecule has 0 bridgehead atoms. The Morgan fingerprint density at radius 3 is 2.91 bits per heavy atom. The van der Waals surface area contributed by atoms with E-state index in [2.05, 4.69) is 4.98 Å². The summed E-state index contributed by atoms with van der Waals surface area (Å²) in [6.45, 7) is 1.33. The van der Waals surface area contributed by atoms with Gasteiger partial charge in [0.25, 0.3) is 5.56 Å². The second-order valence-electron chi connectivity index (χ2n) is 5.76. The average molecular weight is 302 g/mol. The van der Waals surface area contributed by atoms with Crippen LogP contribution in [0, 0.1) is 0 Å². The van der Waals surface area contributed by atoms with Gasteiger partial charge in [-0.05, 0) is 37.5 Å². The van der Waals surface area contributed by atoms with E-state index in [9.17, 15) is 4.79 Å². The fourth-order valence-corrected chi connectivity index (χ4v) is 2.96. The molecular formula is C17H22N2O3. The molecular weight excluding hydrogens is 280 g/mol. The zero-order valence-corrected chi connectivity index (χ0v) is 13.0. The highest BCUT2D eigenvalue weighted by molar-refractivity contribution is 5.78.